The average molecular weight is 376 g/mol. The monoisotopic (exact) mass is 376 g/mol. The van der Waals surface area contributed by atoms with Crippen molar-refractivity contribution in [2.24, 2.45) is 11.3 Å². The van der Waals surface area contributed by atoms with Crippen molar-refractivity contribution in [2.75, 3.05) is 6.61 Å². The van der Waals surface area contributed by atoms with Crippen molar-refractivity contribution in [3.05, 3.63) is 11.1 Å². The van der Waals surface area contributed by atoms with Crippen molar-refractivity contribution >= 4 is 5.97 Å². The zero-order valence-electron chi connectivity index (χ0n) is 15.7. The molecule has 4 aliphatic heterocycles. The zero-order valence-corrected chi connectivity index (χ0v) is 15.7. The van der Waals surface area contributed by atoms with Gasteiger partial charge in [0.2, 0.25) is 0 Å². The van der Waals surface area contributed by atoms with Crippen LogP contribution >= 0.6 is 0 Å². The molecule has 0 unspecified atom stereocenters. The number of fused-ring (bicyclic) bond motifs is 4. The molecule has 0 bridgehead atoms. The van der Waals surface area contributed by atoms with Gasteiger partial charge in [0.15, 0.2) is 11.2 Å². The van der Waals surface area contributed by atoms with Crippen molar-refractivity contribution in [3.63, 3.8) is 0 Å². The van der Waals surface area contributed by atoms with Gasteiger partial charge >= 0.3 is 5.97 Å². The van der Waals surface area contributed by atoms with E-state index in [4.69, 9.17) is 18.9 Å². The van der Waals surface area contributed by atoms with Gasteiger partial charge in [-0.1, -0.05) is 6.92 Å². The number of hydrogen-bond donors (Lipinski definition) is 2. The van der Waals surface area contributed by atoms with E-state index in [1.165, 1.54) is 0 Å². The summed E-state index contributed by atoms with van der Waals surface area (Å²) in [5.74, 6) is -0.0273. The maximum Gasteiger partial charge on any atom is 0.334 e. The van der Waals surface area contributed by atoms with Crippen LogP contribution in [0.1, 0.15) is 40.0 Å². The zero-order chi connectivity index (χ0) is 18.8. The lowest BCUT2D eigenvalue weighted by molar-refractivity contribution is -0.136. The Kier molecular flexibility index (Phi) is 2.28. The quantitative estimate of drug-likeness (QED) is 0.498. The van der Waals surface area contributed by atoms with Crippen LogP contribution in [0.15, 0.2) is 11.1 Å². The Bertz CT molecular complexity index is 859. The molecule has 3 saturated heterocycles. The molecular formula is C20H24O7. The largest absolute Gasteiger partial charge is 0.458 e. The molecule has 2 saturated carbocycles. The molecule has 5 fully saturated rings. The van der Waals surface area contributed by atoms with E-state index in [1.54, 1.807) is 13.8 Å². The molecule has 7 nitrogen and oxygen atoms in total. The molecule has 4 heterocycles. The number of ether oxygens (including phenoxy) is 4. The first-order valence-electron chi connectivity index (χ1n) is 9.98. The summed E-state index contributed by atoms with van der Waals surface area (Å²) < 4.78 is 24.0. The molecular weight excluding hydrogens is 352 g/mol. The number of aliphatic hydroxyl groups is 2. The lowest BCUT2D eigenvalue weighted by Gasteiger charge is -2.53. The van der Waals surface area contributed by atoms with Gasteiger partial charge in [-0.15, -0.1) is 0 Å². The van der Waals surface area contributed by atoms with Gasteiger partial charge < -0.3 is 29.2 Å². The number of esters is 1. The van der Waals surface area contributed by atoms with Gasteiger partial charge in [-0.05, 0) is 44.6 Å². The molecule has 7 heteroatoms. The van der Waals surface area contributed by atoms with Crippen LogP contribution in [-0.4, -0.2) is 69.6 Å². The van der Waals surface area contributed by atoms with Gasteiger partial charge in [-0.2, -0.15) is 0 Å². The van der Waals surface area contributed by atoms with E-state index in [0.29, 0.717) is 13.0 Å². The predicted octanol–water partition coefficient (Wildman–Crippen LogP) is 0.218. The first-order valence-corrected chi connectivity index (χ1v) is 9.98. The lowest BCUT2D eigenvalue weighted by Crippen LogP contribution is -2.71. The third-order valence-corrected chi connectivity index (χ3v) is 9.10. The van der Waals surface area contributed by atoms with Crippen LogP contribution in [0, 0.1) is 11.3 Å². The first kappa shape index (κ1) is 15.9. The van der Waals surface area contributed by atoms with Gasteiger partial charge in [0.25, 0.3) is 0 Å². The smallest absolute Gasteiger partial charge is 0.334 e. The second-order valence-corrected chi connectivity index (χ2v) is 10.3. The normalized spacial score (nSPS) is 61.7. The molecule has 7 aliphatic rings. The molecule has 27 heavy (non-hydrogen) atoms. The van der Waals surface area contributed by atoms with E-state index in [9.17, 15) is 15.0 Å². The molecule has 0 aromatic rings. The molecule has 9 atom stereocenters. The molecule has 3 aliphatic carbocycles. The van der Waals surface area contributed by atoms with Crippen LogP contribution in [-0.2, 0) is 23.7 Å². The fraction of sp³-hybridized carbons (Fsp3) is 0.850. The van der Waals surface area contributed by atoms with Crippen LogP contribution < -0.4 is 0 Å². The summed E-state index contributed by atoms with van der Waals surface area (Å²) in [4.78, 5) is 12.1. The van der Waals surface area contributed by atoms with E-state index < -0.39 is 28.5 Å². The third kappa shape index (κ3) is 1.27. The second-order valence-electron chi connectivity index (χ2n) is 10.3. The standard InChI is InChI=1S/C20H24O7/c1-16(2,23)19-12(26-19)13-20(27-13)17(3)5-4-8-9(7-24-14(8)21)10(17)6-11-18(20,25-11)15(19)22/h10-13,15,22-23H,4-7H2,1-3H3/t10-,11+,12-,13-,15-,17+,18-,19-,20+/m0/s1. The highest BCUT2D eigenvalue weighted by atomic mass is 16.8. The lowest BCUT2D eigenvalue weighted by atomic mass is 9.46. The maximum absolute atomic E-state index is 12.1. The fourth-order valence-electron chi connectivity index (χ4n) is 7.71. The summed E-state index contributed by atoms with van der Waals surface area (Å²) in [5, 5.41) is 22.2. The van der Waals surface area contributed by atoms with Gasteiger partial charge in [0.05, 0.1) is 11.7 Å². The Morgan fingerprint density at radius 2 is 1.96 bits per heavy atom. The van der Waals surface area contributed by atoms with E-state index in [2.05, 4.69) is 6.92 Å². The third-order valence-electron chi connectivity index (χ3n) is 9.10. The minimum absolute atomic E-state index is 0.150. The SMILES string of the molecule is CC(C)(O)[C@]12O[C@H]1[C@@H]1O[C@]13[C@@]1(O[C@@H]1C[C@H]1C4=C(CC[C@]13C)C(=O)OC4)[C@@H]2O. The minimum Gasteiger partial charge on any atom is -0.458 e. The van der Waals surface area contributed by atoms with Crippen LogP contribution in [0.4, 0.5) is 0 Å². The van der Waals surface area contributed by atoms with E-state index in [1.807, 2.05) is 0 Å². The molecule has 146 valence electrons. The van der Waals surface area contributed by atoms with Crippen molar-refractivity contribution in [1.29, 1.82) is 0 Å². The number of rotatable bonds is 1. The van der Waals surface area contributed by atoms with Gasteiger partial charge in [-0.3, -0.25) is 0 Å². The molecule has 0 amide bonds. The molecule has 0 radical (unpaired) electrons. The van der Waals surface area contributed by atoms with E-state index >= 15 is 0 Å². The minimum atomic E-state index is -1.19. The Labute approximate surface area is 156 Å². The van der Waals surface area contributed by atoms with E-state index in [0.717, 1.165) is 24.0 Å². The Morgan fingerprint density at radius 3 is 2.70 bits per heavy atom. The molecule has 2 spiro atoms. The highest BCUT2D eigenvalue weighted by Gasteiger charge is 3.01. The van der Waals surface area contributed by atoms with Gasteiger partial charge in [-0.25, -0.2) is 4.79 Å². The summed E-state index contributed by atoms with van der Waals surface area (Å²) in [6.07, 6.45) is 0.622. The molecule has 0 aromatic heterocycles. The van der Waals surface area contributed by atoms with Crippen LogP contribution in [0.2, 0.25) is 0 Å². The van der Waals surface area contributed by atoms with Crippen LogP contribution in [0.3, 0.4) is 0 Å². The Morgan fingerprint density at radius 1 is 1.19 bits per heavy atom. The molecule has 0 aromatic carbocycles. The first-order chi connectivity index (χ1) is 12.7. The molecule has 7 rings (SSSR count). The predicted molar refractivity (Wildman–Crippen MR) is 88.5 cm³/mol. The maximum atomic E-state index is 12.1. The summed E-state index contributed by atoms with van der Waals surface area (Å²) in [6, 6.07) is 0. The Hall–Kier alpha value is -0.990. The highest BCUT2D eigenvalue weighted by Crippen LogP contribution is 2.83. The summed E-state index contributed by atoms with van der Waals surface area (Å²) >= 11 is 0. The summed E-state index contributed by atoms with van der Waals surface area (Å²) in [5.41, 5.74) is -1.97. The van der Waals surface area contributed by atoms with Gasteiger partial charge in [0.1, 0.15) is 30.5 Å². The highest BCUT2D eigenvalue weighted by molar-refractivity contribution is 5.92. The number of epoxide rings is 3. The van der Waals surface area contributed by atoms with Gasteiger partial charge in [0, 0.05) is 11.0 Å². The van der Waals surface area contributed by atoms with E-state index in [-0.39, 0.29) is 35.6 Å². The van der Waals surface area contributed by atoms with Crippen LogP contribution in [0.25, 0.3) is 0 Å². The number of hydrogen-bond acceptors (Lipinski definition) is 7. The number of carbonyl (C=O) groups is 1. The second kappa shape index (κ2) is 3.87. The van der Waals surface area contributed by atoms with Crippen LogP contribution in [0.5, 0.6) is 0 Å². The van der Waals surface area contributed by atoms with Crippen molar-refractivity contribution in [1.82, 2.24) is 0 Å². The van der Waals surface area contributed by atoms with Crippen molar-refractivity contribution < 1.29 is 34.0 Å². The average Bonchev–Trinajstić information content (AvgIpc) is 3.46. The summed E-state index contributed by atoms with van der Waals surface area (Å²) in [7, 11) is 0. The molecule has 2 N–H and O–H groups in total. The van der Waals surface area contributed by atoms with Crippen molar-refractivity contribution in [3.8, 4) is 0 Å². The summed E-state index contributed by atoms with van der Waals surface area (Å²) in [6.45, 7) is 5.96. The fourth-order valence-corrected chi connectivity index (χ4v) is 7.71. The topological polar surface area (TPSA) is 104 Å². The number of cyclic esters (lactones) is 1. The van der Waals surface area contributed by atoms with Crippen molar-refractivity contribution in [2.45, 2.75) is 86.9 Å². The Balaban J connectivity index is 1.38. The number of aliphatic hydroxyl groups excluding tert-OH is 1. The number of carbonyl (C=O) groups excluding carboxylic acids is 1.